The monoisotopic (exact) mass is 335 g/mol. The van der Waals surface area contributed by atoms with Gasteiger partial charge in [0.05, 0.1) is 11.5 Å². The van der Waals surface area contributed by atoms with Crippen molar-refractivity contribution in [2.45, 2.75) is 38.8 Å². The largest absolute Gasteiger partial charge is 0.480 e. The van der Waals surface area contributed by atoms with Crippen molar-refractivity contribution < 1.29 is 19.6 Å². The fraction of sp³-hybridized carbons (Fsp3) is 0.500. The summed E-state index contributed by atoms with van der Waals surface area (Å²) in [6.07, 6.45) is 1.55. The van der Waals surface area contributed by atoms with Gasteiger partial charge in [-0.3, -0.25) is 24.6 Å². The predicted octanol–water partition coefficient (Wildman–Crippen LogP) is 2.15. The van der Waals surface area contributed by atoms with Gasteiger partial charge in [0.2, 0.25) is 0 Å². The average Bonchev–Trinajstić information content (AvgIpc) is 2.47. The third-order valence-electron chi connectivity index (χ3n) is 4.33. The first-order valence-corrected chi connectivity index (χ1v) is 7.83. The van der Waals surface area contributed by atoms with Gasteiger partial charge in [0.15, 0.2) is 5.78 Å². The Morgan fingerprint density at radius 1 is 1.42 bits per heavy atom. The molecular formula is C16H21N3O5. The van der Waals surface area contributed by atoms with Crippen LogP contribution in [0.3, 0.4) is 0 Å². The molecule has 24 heavy (non-hydrogen) atoms. The zero-order valence-electron chi connectivity index (χ0n) is 13.7. The van der Waals surface area contributed by atoms with Crippen LogP contribution in [0.5, 0.6) is 0 Å². The molecule has 1 saturated carbocycles. The second-order valence-electron chi connectivity index (χ2n) is 5.97. The maximum absolute atomic E-state index is 11.7. The van der Waals surface area contributed by atoms with Crippen molar-refractivity contribution in [2.24, 2.45) is 0 Å². The number of nitrogens with one attached hydrogen (secondary N) is 1. The molecule has 1 aliphatic carbocycles. The van der Waals surface area contributed by atoms with Crippen LogP contribution in [-0.2, 0) is 4.79 Å². The van der Waals surface area contributed by atoms with E-state index in [-0.39, 0.29) is 30.1 Å². The summed E-state index contributed by atoms with van der Waals surface area (Å²) in [5.74, 6) is -1.08. The molecule has 1 fully saturated rings. The molecule has 0 saturated heterocycles. The third-order valence-corrected chi connectivity index (χ3v) is 4.33. The van der Waals surface area contributed by atoms with E-state index in [9.17, 15) is 19.7 Å². The highest BCUT2D eigenvalue weighted by Crippen LogP contribution is 2.31. The van der Waals surface area contributed by atoms with Gasteiger partial charge in [-0.05, 0) is 32.4 Å². The van der Waals surface area contributed by atoms with Gasteiger partial charge in [-0.1, -0.05) is 6.92 Å². The van der Waals surface area contributed by atoms with Crippen molar-refractivity contribution in [3.8, 4) is 0 Å². The van der Waals surface area contributed by atoms with E-state index in [1.54, 1.807) is 6.07 Å². The standard InChI is InChI=1S/C16H21N3O5/c1-3-18(9-16(21)22)13-6-11(7-13)17-15-5-4-12(19(23)24)8-14(15)10(2)20/h4-5,8,11,13,17H,3,6-7,9H2,1-2H3,(H,21,22). The van der Waals surface area contributed by atoms with Gasteiger partial charge in [-0.2, -0.15) is 0 Å². The van der Waals surface area contributed by atoms with Crippen LogP contribution in [0.15, 0.2) is 18.2 Å². The minimum Gasteiger partial charge on any atom is -0.480 e. The number of carbonyl (C=O) groups excluding carboxylic acids is 1. The Labute approximate surface area is 139 Å². The van der Waals surface area contributed by atoms with Crippen molar-refractivity contribution in [3.63, 3.8) is 0 Å². The number of ketones is 1. The van der Waals surface area contributed by atoms with E-state index in [1.807, 2.05) is 11.8 Å². The molecule has 1 aliphatic rings. The molecule has 0 radical (unpaired) electrons. The summed E-state index contributed by atoms with van der Waals surface area (Å²) in [7, 11) is 0. The molecule has 0 heterocycles. The maximum Gasteiger partial charge on any atom is 0.317 e. The van der Waals surface area contributed by atoms with Gasteiger partial charge in [0.1, 0.15) is 0 Å². The van der Waals surface area contributed by atoms with Crippen molar-refractivity contribution in [2.75, 3.05) is 18.4 Å². The number of Topliss-reactive ketones (excluding diaryl/α,β-unsaturated/α-hetero) is 1. The molecule has 0 spiro atoms. The molecule has 1 aromatic carbocycles. The van der Waals surface area contributed by atoms with E-state index in [0.29, 0.717) is 17.8 Å². The normalized spacial score (nSPS) is 19.6. The number of carboxylic acids is 1. The van der Waals surface area contributed by atoms with Crippen LogP contribution < -0.4 is 5.32 Å². The van der Waals surface area contributed by atoms with Gasteiger partial charge in [-0.15, -0.1) is 0 Å². The Hall–Kier alpha value is -2.48. The first kappa shape index (κ1) is 17.9. The second-order valence-corrected chi connectivity index (χ2v) is 5.97. The number of nitro benzene ring substituents is 1. The summed E-state index contributed by atoms with van der Waals surface area (Å²) in [5, 5.41) is 23.0. The Morgan fingerprint density at radius 3 is 2.58 bits per heavy atom. The third kappa shape index (κ3) is 4.08. The van der Waals surface area contributed by atoms with E-state index < -0.39 is 10.9 Å². The minimum atomic E-state index is -0.845. The molecule has 8 nitrogen and oxygen atoms in total. The molecule has 0 atom stereocenters. The van der Waals surface area contributed by atoms with Crippen LogP contribution in [0, 0.1) is 10.1 Å². The molecule has 2 rings (SSSR count). The lowest BCUT2D eigenvalue weighted by Gasteiger charge is -2.42. The van der Waals surface area contributed by atoms with Gasteiger partial charge < -0.3 is 10.4 Å². The lowest BCUT2D eigenvalue weighted by atomic mass is 9.85. The zero-order valence-corrected chi connectivity index (χ0v) is 13.7. The number of carbonyl (C=O) groups is 2. The molecular weight excluding hydrogens is 314 g/mol. The number of likely N-dealkylation sites (N-methyl/N-ethyl adjacent to an activating group) is 1. The Bertz CT molecular complexity index is 655. The SMILES string of the molecule is CCN(CC(=O)O)C1CC(Nc2ccc([N+](=O)[O-])cc2C(C)=O)C1. The first-order chi connectivity index (χ1) is 11.3. The predicted molar refractivity (Wildman–Crippen MR) is 88.4 cm³/mol. The van der Waals surface area contributed by atoms with Crippen LogP contribution in [0.4, 0.5) is 11.4 Å². The number of benzene rings is 1. The quantitative estimate of drug-likeness (QED) is 0.425. The van der Waals surface area contributed by atoms with E-state index in [0.717, 1.165) is 12.8 Å². The molecule has 0 unspecified atom stereocenters. The lowest BCUT2D eigenvalue weighted by molar-refractivity contribution is -0.384. The van der Waals surface area contributed by atoms with Crippen molar-refractivity contribution >= 4 is 23.1 Å². The van der Waals surface area contributed by atoms with Crippen LogP contribution in [0.1, 0.15) is 37.0 Å². The topological polar surface area (TPSA) is 113 Å². The number of nitro groups is 1. The molecule has 8 heteroatoms. The highest BCUT2D eigenvalue weighted by atomic mass is 16.6. The van der Waals surface area contributed by atoms with Crippen LogP contribution in [0.2, 0.25) is 0 Å². The zero-order chi connectivity index (χ0) is 17.9. The smallest absolute Gasteiger partial charge is 0.317 e. The van der Waals surface area contributed by atoms with Crippen LogP contribution >= 0.6 is 0 Å². The summed E-state index contributed by atoms with van der Waals surface area (Å²) in [5.41, 5.74) is 0.763. The number of non-ortho nitro benzene ring substituents is 1. The molecule has 0 amide bonds. The summed E-state index contributed by atoms with van der Waals surface area (Å²) >= 11 is 0. The summed E-state index contributed by atoms with van der Waals surface area (Å²) in [6.45, 7) is 3.98. The first-order valence-electron chi connectivity index (χ1n) is 7.83. The number of carboxylic acid groups (broad SMARTS) is 1. The van der Waals surface area contributed by atoms with Crippen LogP contribution in [-0.4, -0.2) is 51.9 Å². The number of aliphatic carboxylic acids is 1. The van der Waals surface area contributed by atoms with Crippen molar-refractivity contribution in [1.82, 2.24) is 4.90 Å². The highest BCUT2D eigenvalue weighted by Gasteiger charge is 2.34. The van der Waals surface area contributed by atoms with Crippen molar-refractivity contribution in [3.05, 3.63) is 33.9 Å². The Morgan fingerprint density at radius 2 is 2.08 bits per heavy atom. The fourth-order valence-electron chi connectivity index (χ4n) is 2.96. The highest BCUT2D eigenvalue weighted by molar-refractivity contribution is 6.00. The molecule has 0 aromatic heterocycles. The number of hydrogen-bond donors (Lipinski definition) is 2. The second kappa shape index (κ2) is 7.39. The average molecular weight is 335 g/mol. The molecule has 2 N–H and O–H groups in total. The molecule has 130 valence electrons. The van der Waals surface area contributed by atoms with Gasteiger partial charge in [-0.25, -0.2) is 0 Å². The van der Waals surface area contributed by atoms with Gasteiger partial charge in [0, 0.05) is 35.5 Å². The van der Waals surface area contributed by atoms with E-state index in [2.05, 4.69) is 5.32 Å². The fourth-order valence-corrected chi connectivity index (χ4v) is 2.96. The maximum atomic E-state index is 11.7. The lowest BCUT2D eigenvalue weighted by Crippen LogP contribution is -2.51. The number of hydrogen-bond acceptors (Lipinski definition) is 6. The molecule has 0 aliphatic heterocycles. The Balaban J connectivity index is 2.02. The number of rotatable bonds is 8. The molecule has 1 aromatic rings. The van der Waals surface area contributed by atoms with Gasteiger partial charge in [0.25, 0.3) is 5.69 Å². The summed E-state index contributed by atoms with van der Waals surface area (Å²) in [6, 6.07) is 4.52. The van der Waals surface area contributed by atoms with E-state index in [4.69, 9.17) is 5.11 Å². The summed E-state index contributed by atoms with van der Waals surface area (Å²) < 4.78 is 0. The van der Waals surface area contributed by atoms with Crippen LogP contribution in [0.25, 0.3) is 0 Å². The van der Waals surface area contributed by atoms with E-state index >= 15 is 0 Å². The minimum absolute atomic E-state index is 0.0180. The molecule has 0 bridgehead atoms. The summed E-state index contributed by atoms with van der Waals surface area (Å²) in [4.78, 5) is 34.8. The van der Waals surface area contributed by atoms with Gasteiger partial charge >= 0.3 is 5.97 Å². The Kier molecular flexibility index (Phi) is 5.50. The van der Waals surface area contributed by atoms with E-state index in [1.165, 1.54) is 19.1 Å². The number of anilines is 1. The number of nitrogens with zero attached hydrogens (tertiary/aromatic N) is 2. The van der Waals surface area contributed by atoms with Crippen molar-refractivity contribution in [1.29, 1.82) is 0 Å².